The van der Waals surface area contributed by atoms with Crippen LogP contribution in [0.4, 0.5) is 5.82 Å². The topological polar surface area (TPSA) is 73.8 Å². The number of hydrogen-bond acceptors (Lipinski definition) is 4. The Morgan fingerprint density at radius 2 is 2.10 bits per heavy atom. The summed E-state index contributed by atoms with van der Waals surface area (Å²) in [6, 6.07) is 9.64. The molecule has 0 radical (unpaired) electrons. The summed E-state index contributed by atoms with van der Waals surface area (Å²) < 4.78 is 1.50. The van der Waals surface area contributed by atoms with E-state index in [9.17, 15) is 4.79 Å². The van der Waals surface area contributed by atoms with E-state index in [1.807, 2.05) is 30.3 Å². The lowest BCUT2D eigenvalue weighted by atomic mass is 10.0. The zero-order valence-electron chi connectivity index (χ0n) is 11.1. The van der Waals surface area contributed by atoms with Crippen LogP contribution >= 0.6 is 0 Å². The van der Waals surface area contributed by atoms with Crippen LogP contribution in [0.5, 0.6) is 0 Å². The molecule has 0 saturated heterocycles. The van der Waals surface area contributed by atoms with Crippen molar-refractivity contribution in [1.82, 2.24) is 14.8 Å². The first-order valence-electron chi connectivity index (χ1n) is 6.30. The van der Waals surface area contributed by atoms with Gasteiger partial charge in [-0.1, -0.05) is 18.2 Å². The van der Waals surface area contributed by atoms with Gasteiger partial charge in [0, 0.05) is 25.1 Å². The molecule has 0 fully saturated rings. The highest BCUT2D eigenvalue weighted by molar-refractivity contribution is 6.02. The first-order chi connectivity index (χ1) is 9.66. The van der Waals surface area contributed by atoms with E-state index in [4.69, 9.17) is 5.73 Å². The lowest BCUT2D eigenvalue weighted by Crippen LogP contribution is -2.07. The molecule has 20 heavy (non-hydrogen) atoms. The summed E-state index contributed by atoms with van der Waals surface area (Å²) >= 11 is 0. The van der Waals surface area contributed by atoms with Crippen molar-refractivity contribution < 1.29 is 4.79 Å². The lowest BCUT2D eigenvalue weighted by Gasteiger charge is -2.05. The molecule has 100 valence electrons. The maximum Gasteiger partial charge on any atom is 0.172 e. The third kappa shape index (κ3) is 2.03. The van der Waals surface area contributed by atoms with Crippen LogP contribution in [0.1, 0.15) is 15.9 Å². The number of nitrogens with zero attached hydrogens (tertiary/aromatic N) is 3. The quantitative estimate of drug-likeness (QED) is 0.735. The third-order valence-corrected chi connectivity index (χ3v) is 3.38. The summed E-state index contributed by atoms with van der Waals surface area (Å²) in [5.74, 6) is 0.361. The van der Waals surface area contributed by atoms with Gasteiger partial charge in [-0.05, 0) is 17.7 Å². The number of nitrogen functional groups attached to an aromatic ring is 1. The van der Waals surface area contributed by atoms with Crippen molar-refractivity contribution in [3.63, 3.8) is 0 Å². The SMILES string of the molecule is Cn1ncc(C(=O)Cc2ccnc3ccccc23)c1N. The Labute approximate surface area is 116 Å². The molecule has 0 amide bonds. The highest BCUT2D eigenvalue weighted by Crippen LogP contribution is 2.19. The summed E-state index contributed by atoms with van der Waals surface area (Å²) in [6.45, 7) is 0. The second kappa shape index (κ2) is 4.77. The number of nitrogens with two attached hydrogens (primary N) is 1. The zero-order chi connectivity index (χ0) is 14.1. The number of anilines is 1. The van der Waals surface area contributed by atoms with E-state index in [1.165, 1.54) is 10.9 Å². The molecule has 0 aliphatic heterocycles. The summed E-state index contributed by atoms with van der Waals surface area (Å²) in [7, 11) is 1.72. The van der Waals surface area contributed by atoms with Crippen molar-refractivity contribution in [2.24, 2.45) is 7.05 Å². The Kier molecular flexibility index (Phi) is 2.95. The third-order valence-electron chi connectivity index (χ3n) is 3.38. The molecule has 0 bridgehead atoms. The molecule has 5 heteroatoms. The minimum Gasteiger partial charge on any atom is -0.383 e. The zero-order valence-corrected chi connectivity index (χ0v) is 11.1. The van der Waals surface area contributed by atoms with Crippen molar-refractivity contribution >= 4 is 22.5 Å². The Hall–Kier alpha value is -2.69. The van der Waals surface area contributed by atoms with Crippen LogP contribution in [0, 0.1) is 0 Å². The van der Waals surface area contributed by atoms with Gasteiger partial charge in [-0.3, -0.25) is 14.5 Å². The predicted molar refractivity (Wildman–Crippen MR) is 77.4 cm³/mol. The van der Waals surface area contributed by atoms with E-state index in [0.29, 0.717) is 17.8 Å². The molecule has 3 rings (SSSR count). The average Bonchev–Trinajstić information content (AvgIpc) is 2.79. The van der Waals surface area contributed by atoms with Crippen molar-refractivity contribution in [1.29, 1.82) is 0 Å². The maximum absolute atomic E-state index is 12.3. The Balaban J connectivity index is 1.97. The van der Waals surface area contributed by atoms with E-state index in [1.54, 1.807) is 13.2 Å². The number of carbonyl (C=O) groups excluding carboxylic acids is 1. The van der Waals surface area contributed by atoms with Gasteiger partial charge in [0.25, 0.3) is 0 Å². The molecule has 0 unspecified atom stereocenters. The fraction of sp³-hybridized carbons (Fsp3) is 0.133. The van der Waals surface area contributed by atoms with Crippen molar-refractivity contribution in [3.8, 4) is 0 Å². The number of aryl methyl sites for hydroxylation is 1. The molecular formula is C15H14N4O. The summed E-state index contributed by atoms with van der Waals surface area (Å²) in [5.41, 5.74) is 8.14. The van der Waals surface area contributed by atoms with Crippen LogP contribution in [-0.2, 0) is 13.5 Å². The molecule has 2 heterocycles. The van der Waals surface area contributed by atoms with Crippen LogP contribution in [0.3, 0.4) is 0 Å². The molecule has 0 spiro atoms. The first kappa shape index (κ1) is 12.3. The molecule has 0 saturated carbocycles. The number of fused-ring (bicyclic) bond motifs is 1. The molecule has 1 aromatic carbocycles. The molecule has 0 atom stereocenters. The fourth-order valence-corrected chi connectivity index (χ4v) is 2.24. The minimum absolute atomic E-state index is 0.0352. The van der Waals surface area contributed by atoms with Gasteiger partial charge in [0.05, 0.1) is 17.3 Å². The lowest BCUT2D eigenvalue weighted by molar-refractivity contribution is 0.0994. The van der Waals surface area contributed by atoms with E-state index >= 15 is 0 Å². The summed E-state index contributed by atoms with van der Waals surface area (Å²) in [6.07, 6.45) is 3.53. The highest BCUT2D eigenvalue weighted by Gasteiger charge is 2.15. The Bertz CT molecular complexity index is 786. The number of hydrogen-bond donors (Lipinski definition) is 1. The predicted octanol–water partition coefficient (Wildman–Crippen LogP) is 1.98. The molecule has 2 aromatic heterocycles. The number of ketones is 1. The van der Waals surface area contributed by atoms with E-state index in [-0.39, 0.29) is 5.78 Å². The van der Waals surface area contributed by atoms with Crippen LogP contribution in [0.25, 0.3) is 10.9 Å². The van der Waals surface area contributed by atoms with Gasteiger partial charge in [0.2, 0.25) is 0 Å². The second-order valence-corrected chi connectivity index (χ2v) is 4.65. The van der Waals surface area contributed by atoms with Gasteiger partial charge in [-0.25, -0.2) is 0 Å². The van der Waals surface area contributed by atoms with Crippen molar-refractivity contribution in [2.45, 2.75) is 6.42 Å². The van der Waals surface area contributed by atoms with Gasteiger partial charge in [-0.2, -0.15) is 5.10 Å². The molecule has 0 aliphatic carbocycles. The molecule has 0 aliphatic rings. The maximum atomic E-state index is 12.3. The highest BCUT2D eigenvalue weighted by atomic mass is 16.1. The van der Waals surface area contributed by atoms with Gasteiger partial charge >= 0.3 is 0 Å². The van der Waals surface area contributed by atoms with Crippen LogP contribution in [-0.4, -0.2) is 20.5 Å². The smallest absolute Gasteiger partial charge is 0.172 e. The van der Waals surface area contributed by atoms with E-state index in [2.05, 4.69) is 10.1 Å². The standard InChI is InChI=1S/C15H14N4O/c1-19-15(16)12(9-18-19)14(20)8-10-6-7-17-13-5-3-2-4-11(10)13/h2-7,9H,8,16H2,1H3. The molecule has 5 nitrogen and oxygen atoms in total. The number of para-hydroxylation sites is 1. The van der Waals surface area contributed by atoms with Gasteiger partial charge in [0.15, 0.2) is 5.78 Å². The molecule has 2 N–H and O–H groups in total. The molecule has 3 aromatic rings. The second-order valence-electron chi connectivity index (χ2n) is 4.65. The van der Waals surface area contributed by atoms with E-state index in [0.717, 1.165) is 16.5 Å². The first-order valence-corrected chi connectivity index (χ1v) is 6.30. The number of rotatable bonds is 3. The van der Waals surface area contributed by atoms with Crippen LogP contribution in [0.2, 0.25) is 0 Å². The number of benzene rings is 1. The monoisotopic (exact) mass is 266 g/mol. The largest absolute Gasteiger partial charge is 0.383 e. The fourth-order valence-electron chi connectivity index (χ4n) is 2.24. The number of aromatic nitrogens is 3. The summed E-state index contributed by atoms with van der Waals surface area (Å²) in [5, 5.41) is 4.99. The van der Waals surface area contributed by atoms with Crippen LogP contribution < -0.4 is 5.73 Å². The summed E-state index contributed by atoms with van der Waals surface area (Å²) in [4.78, 5) is 16.6. The Morgan fingerprint density at radius 1 is 1.30 bits per heavy atom. The molecular weight excluding hydrogens is 252 g/mol. The van der Waals surface area contributed by atoms with E-state index < -0.39 is 0 Å². The number of Topliss-reactive ketones (excluding diaryl/α,β-unsaturated/α-hetero) is 1. The Morgan fingerprint density at radius 3 is 2.85 bits per heavy atom. The van der Waals surface area contributed by atoms with Gasteiger partial charge < -0.3 is 5.73 Å². The number of carbonyl (C=O) groups is 1. The van der Waals surface area contributed by atoms with Gasteiger partial charge in [0.1, 0.15) is 5.82 Å². The van der Waals surface area contributed by atoms with Crippen molar-refractivity contribution in [3.05, 3.63) is 53.9 Å². The average molecular weight is 266 g/mol. The van der Waals surface area contributed by atoms with Gasteiger partial charge in [-0.15, -0.1) is 0 Å². The van der Waals surface area contributed by atoms with Crippen molar-refractivity contribution in [2.75, 3.05) is 5.73 Å². The number of pyridine rings is 1. The normalized spacial score (nSPS) is 10.8. The van der Waals surface area contributed by atoms with Crippen LogP contribution in [0.15, 0.2) is 42.7 Å². The minimum atomic E-state index is -0.0352.